The smallest absolute Gasteiger partial charge is 0.331 e. The van der Waals surface area contributed by atoms with Crippen LogP contribution in [0.4, 0.5) is 10.7 Å². The summed E-state index contributed by atoms with van der Waals surface area (Å²) < 4.78 is 5.50. The second-order valence-electron chi connectivity index (χ2n) is 3.78. The number of furan rings is 1. The van der Waals surface area contributed by atoms with Gasteiger partial charge in [0.25, 0.3) is 0 Å². The van der Waals surface area contributed by atoms with Crippen LogP contribution in [-0.4, -0.2) is 18.5 Å². The van der Waals surface area contributed by atoms with Crippen molar-refractivity contribution in [3.05, 3.63) is 17.9 Å². The van der Waals surface area contributed by atoms with Crippen LogP contribution in [0.5, 0.6) is 0 Å². The second-order valence-corrected chi connectivity index (χ2v) is 3.78. The summed E-state index contributed by atoms with van der Waals surface area (Å²) >= 11 is 0. The topological polar surface area (TPSA) is 62.6 Å². The molecule has 16 heavy (non-hydrogen) atoms. The lowest BCUT2D eigenvalue weighted by molar-refractivity contribution is -0.117. The molecular weight excluding hydrogens is 208 g/mol. The van der Waals surface area contributed by atoms with Gasteiger partial charge in [-0.15, -0.1) is 0 Å². The number of carbonyl (C=O) groups excluding carboxylic acids is 2. The molecule has 1 fully saturated rings. The zero-order valence-electron chi connectivity index (χ0n) is 9.16. The van der Waals surface area contributed by atoms with Crippen LogP contribution in [0.3, 0.4) is 0 Å². The van der Waals surface area contributed by atoms with E-state index in [4.69, 9.17) is 4.42 Å². The number of unbranched alkanes of at least 4 members (excludes halogenated alkanes) is 1. The van der Waals surface area contributed by atoms with Crippen molar-refractivity contribution in [2.24, 2.45) is 0 Å². The van der Waals surface area contributed by atoms with E-state index in [9.17, 15) is 9.59 Å². The first-order chi connectivity index (χ1) is 7.70. The van der Waals surface area contributed by atoms with Gasteiger partial charge >= 0.3 is 6.03 Å². The number of anilines is 1. The molecule has 1 aromatic heterocycles. The van der Waals surface area contributed by atoms with E-state index in [1.165, 1.54) is 4.90 Å². The predicted octanol–water partition coefficient (Wildman–Crippen LogP) is 1.68. The molecule has 0 unspecified atom stereocenters. The Balaban J connectivity index is 2.07. The van der Waals surface area contributed by atoms with Crippen LogP contribution in [0.25, 0.3) is 0 Å². The molecule has 5 nitrogen and oxygen atoms in total. The molecule has 3 amide bonds. The molecule has 0 spiro atoms. The molecule has 5 heteroatoms. The molecule has 0 radical (unpaired) electrons. The number of hydrogen-bond donors (Lipinski definition) is 1. The fraction of sp³-hybridized carbons (Fsp3) is 0.455. The third kappa shape index (κ3) is 2.08. The summed E-state index contributed by atoms with van der Waals surface area (Å²) in [4.78, 5) is 23.6. The van der Waals surface area contributed by atoms with E-state index in [1.807, 2.05) is 6.07 Å². The number of hydrogen-bond acceptors (Lipinski definition) is 3. The average molecular weight is 222 g/mol. The molecule has 0 aromatic carbocycles. The monoisotopic (exact) mass is 222 g/mol. The highest BCUT2D eigenvalue weighted by atomic mass is 16.4. The molecule has 2 rings (SSSR count). The highest BCUT2D eigenvalue weighted by Gasteiger charge is 2.29. The number of aryl methyl sites for hydroxylation is 1. The van der Waals surface area contributed by atoms with Crippen LogP contribution in [0, 0.1) is 0 Å². The van der Waals surface area contributed by atoms with E-state index in [-0.39, 0.29) is 12.5 Å². The first-order valence-electron chi connectivity index (χ1n) is 5.40. The van der Waals surface area contributed by atoms with E-state index < -0.39 is 6.03 Å². The van der Waals surface area contributed by atoms with Crippen molar-refractivity contribution in [3.63, 3.8) is 0 Å². The van der Waals surface area contributed by atoms with E-state index in [1.54, 1.807) is 6.07 Å². The Labute approximate surface area is 93.4 Å². The van der Waals surface area contributed by atoms with Gasteiger partial charge in [-0.1, -0.05) is 13.3 Å². The molecule has 2 heterocycles. The second kappa shape index (κ2) is 4.38. The minimum atomic E-state index is -0.415. The molecule has 1 aliphatic rings. The van der Waals surface area contributed by atoms with Crippen LogP contribution >= 0.6 is 0 Å². The number of amides is 3. The third-order valence-corrected chi connectivity index (χ3v) is 2.48. The maximum Gasteiger partial charge on any atom is 0.331 e. The molecule has 0 atom stereocenters. The summed E-state index contributed by atoms with van der Waals surface area (Å²) in [6.45, 7) is 2.15. The number of rotatable bonds is 4. The average Bonchev–Trinajstić information content (AvgIpc) is 2.82. The summed E-state index contributed by atoms with van der Waals surface area (Å²) in [5.41, 5.74) is 0. The quantitative estimate of drug-likeness (QED) is 0.788. The lowest BCUT2D eigenvalue weighted by Crippen LogP contribution is -2.27. The van der Waals surface area contributed by atoms with Gasteiger partial charge in [0.05, 0.1) is 0 Å². The molecule has 0 aliphatic carbocycles. The normalized spacial score (nSPS) is 15.7. The number of nitrogens with one attached hydrogen (secondary N) is 1. The Kier molecular flexibility index (Phi) is 2.94. The van der Waals surface area contributed by atoms with Crippen LogP contribution in [0.1, 0.15) is 25.5 Å². The van der Waals surface area contributed by atoms with Crippen molar-refractivity contribution in [2.75, 3.05) is 11.4 Å². The fourth-order valence-electron chi connectivity index (χ4n) is 1.62. The van der Waals surface area contributed by atoms with E-state index in [0.29, 0.717) is 5.88 Å². The summed E-state index contributed by atoms with van der Waals surface area (Å²) in [6, 6.07) is 3.16. The van der Waals surface area contributed by atoms with Crippen molar-refractivity contribution in [3.8, 4) is 0 Å². The van der Waals surface area contributed by atoms with Gasteiger partial charge < -0.3 is 4.42 Å². The third-order valence-electron chi connectivity index (χ3n) is 2.48. The highest BCUT2D eigenvalue weighted by molar-refractivity contribution is 6.11. The Hall–Kier alpha value is -1.78. The predicted molar refractivity (Wildman–Crippen MR) is 58.2 cm³/mol. The number of carbonyl (C=O) groups is 2. The Morgan fingerprint density at radius 3 is 2.88 bits per heavy atom. The molecule has 1 saturated heterocycles. The van der Waals surface area contributed by atoms with Gasteiger partial charge in [-0.3, -0.25) is 15.0 Å². The Bertz CT molecular complexity index is 411. The molecule has 0 bridgehead atoms. The van der Waals surface area contributed by atoms with Gasteiger partial charge in [-0.25, -0.2) is 4.79 Å². The summed E-state index contributed by atoms with van der Waals surface area (Å²) in [6.07, 6.45) is 3.01. The summed E-state index contributed by atoms with van der Waals surface area (Å²) in [7, 11) is 0. The van der Waals surface area contributed by atoms with Crippen LogP contribution < -0.4 is 10.2 Å². The minimum Gasteiger partial charge on any atom is -0.445 e. The highest BCUT2D eigenvalue weighted by Crippen LogP contribution is 2.21. The lowest BCUT2D eigenvalue weighted by Gasteiger charge is -2.08. The summed E-state index contributed by atoms with van der Waals surface area (Å²) in [5.74, 6) is 0.995. The zero-order valence-corrected chi connectivity index (χ0v) is 9.16. The molecule has 1 N–H and O–H groups in total. The number of imide groups is 1. The van der Waals surface area contributed by atoms with Crippen LogP contribution in [0.15, 0.2) is 16.5 Å². The maximum atomic E-state index is 11.3. The molecule has 1 aliphatic heterocycles. The SMILES string of the molecule is CCCCc1ccc(N2CC(=O)NC2=O)o1. The summed E-state index contributed by atoms with van der Waals surface area (Å²) in [5, 5.41) is 2.21. The van der Waals surface area contributed by atoms with Crippen molar-refractivity contribution >= 4 is 17.8 Å². The molecular formula is C11H14N2O3. The van der Waals surface area contributed by atoms with Crippen LogP contribution in [0.2, 0.25) is 0 Å². The standard InChI is InChI=1S/C11H14N2O3/c1-2-3-4-8-5-6-10(16-8)13-7-9(14)12-11(13)15/h5-6H,2-4,7H2,1H3,(H,12,14,15). The largest absolute Gasteiger partial charge is 0.445 e. The van der Waals surface area contributed by atoms with E-state index in [0.717, 1.165) is 25.0 Å². The van der Waals surface area contributed by atoms with Crippen molar-refractivity contribution in [2.45, 2.75) is 26.2 Å². The first-order valence-corrected chi connectivity index (χ1v) is 5.40. The van der Waals surface area contributed by atoms with Gasteiger partial charge in [-0.05, 0) is 12.5 Å². The molecule has 86 valence electrons. The minimum absolute atomic E-state index is 0.0412. The van der Waals surface area contributed by atoms with Crippen molar-refractivity contribution in [1.82, 2.24) is 5.32 Å². The van der Waals surface area contributed by atoms with Gasteiger partial charge in [0, 0.05) is 12.5 Å². The van der Waals surface area contributed by atoms with Gasteiger partial charge in [-0.2, -0.15) is 0 Å². The first kappa shape index (κ1) is 10.7. The van der Waals surface area contributed by atoms with Crippen molar-refractivity contribution in [1.29, 1.82) is 0 Å². The fourth-order valence-corrected chi connectivity index (χ4v) is 1.62. The number of nitrogens with zero attached hydrogens (tertiary/aromatic N) is 1. The zero-order chi connectivity index (χ0) is 11.5. The molecule has 1 aromatic rings. The van der Waals surface area contributed by atoms with Gasteiger partial charge in [0.2, 0.25) is 11.8 Å². The lowest BCUT2D eigenvalue weighted by atomic mass is 10.2. The Morgan fingerprint density at radius 1 is 1.44 bits per heavy atom. The van der Waals surface area contributed by atoms with Crippen LogP contribution in [-0.2, 0) is 11.2 Å². The molecule has 0 saturated carbocycles. The van der Waals surface area contributed by atoms with Crippen molar-refractivity contribution < 1.29 is 14.0 Å². The van der Waals surface area contributed by atoms with E-state index in [2.05, 4.69) is 12.2 Å². The van der Waals surface area contributed by atoms with E-state index >= 15 is 0 Å². The maximum absolute atomic E-state index is 11.3. The van der Waals surface area contributed by atoms with Gasteiger partial charge in [0.1, 0.15) is 12.3 Å². The number of urea groups is 1. The van der Waals surface area contributed by atoms with Gasteiger partial charge in [0.15, 0.2) is 0 Å². The Morgan fingerprint density at radius 2 is 2.25 bits per heavy atom.